The standard InChI is InChI=1S/C21H15IN2O/c22-16-9-6-10-17(13-16)23-20-18-11-4-5-12-19(18)24(21(20)25)14-15-7-2-1-3-8-15/h1-13H,14H2. The van der Waals surface area contributed by atoms with Crippen LogP contribution in [0.1, 0.15) is 11.1 Å². The molecule has 122 valence electrons. The maximum Gasteiger partial charge on any atom is 0.277 e. The first-order chi connectivity index (χ1) is 12.2. The molecule has 0 saturated carbocycles. The SMILES string of the molecule is O=C1C(=Nc2cccc(I)c2)c2ccccc2N1Cc1ccccc1. The number of carbonyl (C=O) groups is 1. The first-order valence-corrected chi connectivity index (χ1v) is 9.10. The normalized spacial score (nSPS) is 14.8. The van der Waals surface area contributed by atoms with Gasteiger partial charge in [0.2, 0.25) is 0 Å². The van der Waals surface area contributed by atoms with Gasteiger partial charge in [0.1, 0.15) is 5.71 Å². The van der Waals surface area contributed by atoms with Gasteiger partial charge in [0, 0.05) is 9.13 Å². The second kappa shape index (κ2) is 6.80. The van der Waals surface area contributed by atoms with E-state index in [2.05, 4.69) is 27.6 Å². The molecule has 0 radical (unpaired) electrons. The molecule has 25 heavy (non-hydrogen) atoms. The number of rotatable bonds is 3. The van der Waals surface area contributed by atoms with E-state index in [9.17, 15) is 4.79 Å². The third-order valence-electron chi connectivity index (χ3n) is 4.13. The largest absolute Gasteiger partial charge is 0.302 e. The molecular formula is C21H15IN2O. The number of hydrogen-bond acceptors (Lipinski definition) is 2. The van der Waals surface area contributed by atoms with E-state index >= 15 is 0 Å². The summed E-state index contributed by atoms with van der Waals surface area (Å²) in [6.07, 6.45) is 0. The predicted molar refractivity (Wildman–Crippen MR) is 109 cm³/mol. The van der Waals surface area contributed by atoms with Crippen LogP contribution in [0.3, 0.4) is 0 Å². The average molecular weight is 438 g/mol. The molecule has 3 aromatic rings. The molecular weight excluding hydrogens is 423 g/mol. The highest BCUT2D eigenvalue weighted by Gasteiger charge is 2.33. The lowest BCUT2D eigenvalue weighted by molar-refractivity contribution is -0.112. The van der Waals surface area contributed by atoms with Crippen LogP contribution in [-0.2, 0) is 11.3 Å². The Kier molecular flexibility index (Phi) is 4.36. The highest BCUT2D eigenvalue weighted by molar-refractivity contribution is 14.1. The summed E-state index contributed by atoms with van der Waals surface area (Å²) in [5.41, 5.74) is 4.21. The molecule has 0 atom stereocenters. The van der Waals surface area contributed by atoms with Gasteiger partial charge in [-0.3, -0.25) is 4.79 Å². The van der Waals surface area contributed by atoms with Crippen molar-refractivity contribution in [3.8, 4) is 0 Å². The molecule has 3 nitrogen and oxygen atoms in total. The van der Waals surface area contributed by atoms with Crippen LogP contribution in [0.5, 0.6) is 0 Å². The Morgan fingerprint density at radius 3 is 2.44 bits per heavy atom. The minimum atomic E-state index is -0.0519. The Balaban J connectivity index is 1.76. The van der Waals surface area contributed by atoms with E-state index in [0.717, 1.165) is 26.1 Å². The molecule has 1 amide bonds. The number of amides is 1. The van der Waals surface area contributed by atoms with Crippen molar-refractivity contribution in [1.82, 2.24) is 0 Å². The number of anilines is 1. The summed E-state index contributed by atoms with van der Waals surface area (Å²) in [4.78, 5) is 19.5. The summed E-state index contributed by atoms with van der Waals surface area (Å²) < 4.78 is 1.10. The summed E-state index contributed by atoms with van der Waals surface area (Å²) in [7, 11) is 0. The van der Waals surface area contributed by atoms with Crippen molar-refractivity contribution in [2.24, 2.45) is 4.99 Å². The molecule has 0 spiro atoms. The monoisotopic (exact) mass is 438 g/mol. The highest BCUT2D eigenvalue weighted by Crippen LogP contribution is 2.32. The molecule has 4 rings (SSSR count). The van der Waals surface area contributed by atoms with Crippen LogP contribution in [0.2, 0.25) is 0 Å². The molecule has 1 aliphatic heterocycles. The Labute approximate surface area is 160 Å². The van der Waals surface area contributed by atoms with E-state index in [4.69, 9.17) is 0 Å². The Hall–Kier alpha value is -2.47. The fraction of sp³-hybridized carbons (Fsp3) is 0.0476. The van der Waals surface area contributed by atoms with E-state index in [0.29, 0.717) is 12.3 Å². The van der Waals surface area contributed by atoms with Crippen molar-refractivity contribution in [3.05, 3.63) is 93.6 Å². The molecule has 0 bridgehead atoms. The second-order valence-electron chi connectivity index (χ2n) is 5.83. The fourth-order valence-electron chi connectivity index (χ4n) is 2.97. The zero-order chi connectivity index (χ0) is 17.2. The van der Waals surface area contributed by atoms with Gasteiger partial charge in [-0.25, -0.2) is 4.99 Å². The lowest BCUT2D eigenvalue weighted by Gasteiger charge is -2.16. The van der Waals surface area contributed by atoms with E-state index in [1.54, 1.807) is 4.90 Å². The summed E-state index contributed by atoms with van der Waals surface area (Å²) >= 11 is 2.25. The summed E-state index contributed by atoms with van der Waals surface area (Å²) in [6.45, 7) is 0.544. The first-order valence-electron chi connectivity index (χ1n) is 8.02. The van der Waals surface area contributed by atoms with Gasteiger partial charge < -0.3 is 4.90 Å². The molecule has 0 saturated heterocycles. The summed E-state index contributed by atoms with van der Waals surface area (Å²) in [5, 5.41) is 0. The first kappa shape index (κ1) is 16.0. The zero-order valence-electron chi connectivity index (χ0n) is 13.4. The minimum absolute atomic E-state index is 0.0519. The molecule has 0 unspecified atom stereocenters. The summed E-state index contributed by atoms with van der Waals surface area (Å²) in [5.74, 6) is -0.0519. The van der Waals surface area contributed by atoms with Crippen molar-refractivity contribution in [2.45, 2.75) is 6.54 Å². The number of benzene rings is 3. The lowest BCUT2D eigenvalue weighted by Crippen LogP contribution is -2.29. The lowest BCUT2D eigenvalue weighted by atomic mass is 10.1. The van der Waals surface area contributed by atoms with Crippen LogP contribution < -0.4 is 4.90 Å². The van der Waals surface area contributed by atoms with Crippen LogP contribution in [0.25, 0.3) is 0 Å². The van der Waals surface area contributed by atoms with Crippen molar-refractivity contribution in [2.75, 3.05) is 4.90 Å². The van der Waals surface area contributed by atoms with Gasteiger partial charge in [0.15, 0.2) is 0 Å². The van der Waals surface area contributed by atoms with Gasteiger partial charge in [-0.2, -0.15) is 0 Å². The quantitative estimate of drug-likeness (QED) is 0.533. The molecule has 0 fully saturated rings. The van der Waals surface area contributed by atoms with E-state index in [1.807, 2.05) is 78.9 Å². The molecule has 1 aliphatic rings. The highest BCUT2D eigenvalue weighted by atomic mass is 127. The molecule has 0 N–H and O–H groups in total. The van der Waals surface area contributed by atoms with Crippen LogP contribution in [-0.4, -0.2) is 11.6 Å². The smallest absolute Gasteiger partial charge is 0.277 e. The Morgan fingerprint density at radius 1 is 0.880 bits per heavy atom. The van der Waals surface area contributed by atoms with Gasteiger partial charge in [-0.15, -0.1) is 0 Å². The molecule has 0 aliphatic carbocycles. The molecule has 1 heterocycles. The van der Waals surface area contributed by atoms with E-state index in [1.165, 1.54) is 0 Å². The average Bonchev–Trinajstić information content (AvgIpc) is 2.89. The number of nitrogens with zero attached hydrogens (tertiary/aromatic N) is 2. The molecule has 0 aromatic heterocycles. The maximum absolute atomic E-state index is 13.0. The number of aliphatic imine (C=N–C) groups is 1. The van der Waals surface area contributed by atoms with Gasteiger partial charge in [-0.05, 0) is 52.4 Å². The zero-order valence-corrected chi connectivity index (χ0v) is 15.6. The Bertz CT molecular complexity index is 966. The topological polar surface area (TPSA) is 32.7 Å². The molecule has 4 heteroatoms. The number of hydrogen-bond donors (Lipinski definition) is 0. The van der Waals surface area contributed by atoms with E-state index in [-0.39, 0.29) is 5.91 Å². The number of halogens is 1. The van der Waals surface area contributed by atoms with Gasteiger partial charge in [0.05, 0.1) is 17.9 Å². The Morgan fingerprint density at radius 2 is 1.64 bits per heavy atom. The maximum atomic E-state index is 13.0. The van der Waals surface area contributed by atoms with Crippen LogP contribution in [0, 0.1) is 3.57 Å². The van der Waals surface area contributed by atoms with E-state index < -0.39 is 0 Å². The number of fused-ring (bicyclic) bond motifs is 1. The van der Waals surface area contributed by atoms with Crippen LogP contribution in [0.15, 0.2) is 83.9 Å². The van der Waals surface area contributed by atoms with Crippen molar-refractivity contribution in [3.63, 3.8) is 0 Å². The van der Waals surface area contributed by atoms with Gasteiger partial charge >= 0.3 is 0 Å². The predicted octanol–water partition coefficient (Wildman–Crippen LogP) is 4.96. The van der Waals surface area contributed by atoms with Crippen molar-refractivity contribution < 1.29 is 4.79 Å². The summed E-state index contributed by atoms with van der Waals surface area (Å²) in [6, 6.07) is 25.7. The van der Waals surface area contributed by atoms with Crippen LogP contribution in [0.4, 0.5) is 11.4 Å². The van der Waals surface area contributed by atoms with Crippen LogP contribution >= 0.6 is 22.6 Å². The van der Waals surface area contributed by atoms with Crippen molar-refractivity contribution >= 4 is 45.6 Å². The van der Waals surface area contributed by atoms with Gasteiger partial charge in [-0.1, -0.05) is 54.6 Å². The van der Waals surface area contributed by atoms with Crippen molar-refractivity contribution in [1.29, 1.82) is 0 Å². The number of carbonyl (C=O) groups excluding carboxylic acids is 1. The third-order valence-corrected chi connectivity index (χ3v) is 4.80. The number of para-hydroxylation sites is 1. The van der Waals surface area contributed by atoms with Gasteiger partial charge in [0.25, 0.3) is 5.91 Å². The minimum Gasteiger partial charge on any atom is -0.302 e. The molecule has 3 aromatic carbocycles. The fourth-order valence-corrected chi connectivity index (χ4v) is 3.49. The third kappa shape index (κ3) is 3.22. The second-order valence-corrected chi connectivity index (χ2v) is 7.08.